The van der Waals surface area contributed by atoms with Gasteiger partial charge in [-0.1, -0.05) is 47.6 Å². The highest BCUT2D eigenvalue weighted by Gasteiger charge is 2.34. The smallest absolute Gasteiger partial charge is 0.302 e. The van der Waals surface area contributed by atoms with Crippen LogP contribution in [-0.4, -0.2) is 73.2 Å². The quantitative estimate of drug-likeness (QED) is 0.193. The summed E-state index contributed by atoms with van der Waals surface area (Å²) in [4.78, 5) is 35.9. The molecule has 11 nitrogen and oxygen atoms in total. The summed E-state index contributed by atoms with van der Waals surface area (Å²) in [6.45, 7) is 13.2. The van der Waals surface area contributed by atoms with Gasteiger partial charge in [0.1, 0.15) is 18.5 Å². The van der Waals surface area contributed by atoms with E-state index in [0.29, 0.717) is 23.4 Å². The first-order valence-electron chi connectivity index (χ1n) is 13.7. The molecule has 1 heterocycles. The zero-order chi connectivity index (χ0) is 30.0. The van der Waals surface area contributed by atoms with Crippen molar-refractivity contribution in [3.8, 4) is 5.75 Å². The lowest BCUT2D eigenvalue weighted by Gasteiger charge is -2.33. The van der Waals surface area contributed by atoms with Crippen LogP contribution in [0.25, 0.3) is 0 Å². The van der Waals surface area contributed by atoms with E-state index in [-0.39, 0.29) is 45.1 Å². The topological polar surface area (TPSA) is 155 Å². The number of benzene rings is 1. The molecule has 2 amide bonds. The highest BCUT2D eigenvalue weighted by atomic mass is 16.7. The molecule has 5 N–H and O–H groups in total. The van der Waals surface area contributed by atoms with Crippen molar-refractivity contribution in [1.29, 1.82) is 0 Å². The SMILES string of the molecule is CC.CC.CNc1ccc(COC(C)=O)cc1OC1CC(O)CC(C(=O)NCCNC(=O)C(C)(C)CCO)O1. The maximum atomic E-state index is 12.6. The van der Waals surface area contributed by atoms with E-state index in [9.17, 15) is 19.5 Å². The molecule has 1 saturated heterocycles. The molecule has 0 saturated carbocycles. The lowest BCUT2D eigenvalue weighted by atomic mass is 9.89. The van der Waals surface area contributed by atoms with Gasteiger partial charge in [0.25, 0.3) is 0 Å². The Kier molecular flexibility index (Phi) is 17.8. The van der Waals surface area contributed by atoms with E-state index < -0.39 is 35.8 Å². The summed E-state index contributed by atoms with van der Waals surface area (Å²) in [6.07, 6.45) is -1.96. The maximum absolute atomic E-state index is 12.6. The van der Waals surface area contributed by atoms with Crippen LogP contribution in [0.1, 0.15) is 73.3 Å². The van der Waals surface area contributed by atoms with Crippen molar-refractivity contribution in [1.82, 2.24) is 10.6 Å². The number of aliphatic hydroxyl groups excluding tert-OH is 2. The van der Waals surface area contributed by atoms with E-state index >= 15 is 0 Å². The minimum absolute atomic E-state index is 0.0859. The fourth-order valence-corrected chi connectivity index (χ4v) is 3.50. The number of carbonyl (C=O) groups excluding carboxylic acids is 3. The minimum atomic E-state index is -0.924. The molecular formula is C28H49N3O8. The summed E-state index contributed by atoms with van der Waals surface area (Å²) in [7, 11) is 1.73. The van der Waals surface area contributed by atoms with Crippen molar-refractivity contribution >= 4 is 23.5 Å². The molecule has 1 aliphatic heterocycles. The van der Waals surface area contributed by atoms with Crippen LogP contribution in [0.3, 0.4) is 0 Å². The number of esters is 1. The van der Waals surface area contributed by atoms with Crippen LogP contribution in [0.15, 0.2) is 18.2 Å². The van der Waals surface area contributed by atoms with Crippen molar-refractivity contribution in [2.75, 3.05) is 32.1 Å². The normalized spacial score (nSPS) is 18.3. The molecule has 3 atom stereocenters. The van der Waals surface area contributed by atoms with Gasteiger partial charge in [-0.05, 0) is 24.1 Å². The van der Waals surface area contributed by atoms with Gasteiger partial charge < -0.3 is 40.4 Å². The van der Waals surface area contributed by atoms with Gasteiger partial charge in [-0.3, -0.25) is 14.4 Å². The van der Waals surface area contributed by atoms with Gasteiger partial charge >= 0.3 is 5.97 Å². The van der Waals surface area contributed by atoms with E-state index in [1.54, 1.807) is 39.1 Å². The number of anilines is 1. The Morgan fingerprint density at radius 1 is 1.08 bits per heavy atom. The monoisotopic (exact) mass is 555 g/mol. The van der Waals surface area contributed by atoms with Crippen LogP contribution in [0, 0.1) is 5.41 Å². The predicted molar refractivity (Wildman–Crippen MR) is 150 cm³/mol. The average Bonchev–Trinajstić information content (AvgIpc) is 2.91. The minimum Gasteiger partial charge on any atom is -0.463 e. The number of hydrogen-bond donors (Lipinski definition) is 5. The lowest BCUT2D eigenvalue weighted by molar-refractivity contribution is -0.184. The van der Waals surface area contributed by atoms with E-state index in [1.807, 2.05) is 27.7 Å². The van der Waals surface area contributed by atoms with Gasteiger partial charge in [0.2, 0.25) is 18.1 Å². The molecule has 3 unspecified atom stereocenters. The van der Waals surface area contributed by atoms with Crippen LogP contribution in [0.5, 0.6) is 5.75 Å². The molecule has 1 aromatic carbocycles. The van der Waals surface area contributed by atoms with E-state index in [1.165, 1.54) is 6.92 Å². The zero-order valence-electron chi connectivity index (χ0n) is 24.8. The Bertz CT molecular complexity index is 878. The summed E-state index contributed by atoms with van der Waals surface area (Å²) in [5, 5.41) is 27.8. The van der Waals surface area contributed by atoms with Gasteiger partial charge in [-0.2, -0.15) is 0 Å². The van der Waals surface area contributed by atoms with Gasteiger partial charge in [0.15, 0.2) is 0 Å². The number of amides is 2. The van der Waals surface area contributed by atoms with Gasteiger partial charge in [-0.25, -0.2) is 0 Å². The molecule has 11 heteroatoms. The Balaban J connectivity index is 0.00000344. The third-order valence-electron chi connectivity index (χ3n) is 5.64. The van der Waals surface area contributed by atoms with Crippen molar-refractivity contribution < 1.29 is 38.8 Å². The fraction of sp³-hybridized carbons (Fsp3) is 0.679. The number of nitrogens with one attached hydrogen (secondary N) is 3. The molecule has 0 bridgehead atoms. The number of hydrogen-bond acceptors (Lipinski definition) is 9. The van der Waals surface area contributed by atoms with Crippen molar-refractivity contribution in [3.63, 3.8) is 0 Å². The summed E-state index contributed by atoms with van der Waals surface area (Å²) >= 11 is 0. The highest BCUT2D eigenvalue weighted by molar-refractivity contribution is 5.82. The van der Waals surface area contributed by atoms with Crippen LogP contribution in [-0.2, 0) is 30.5 Å². The molecule has 0 spiro atoms. The highest BCUT2D eigenvalue weighted by Crippen LogP contribution is 2.30. The summed E-state index contributed by atoms with van der Waals surface area (Å²) in [6, 6.07) is 5.26. The number of rotatable bonds is 12. The predicted octanol–water partition coefficient (Wildman–Crippen LogP) is 2.73. The van der Waals surface area contributed by atoms with Crippen molar-refractivity contribution in [2.45, 2.75) is 92.8 Å². The van der Waals surface area contributed by atoms with Crippen molar-refractivity contribution in [3.05, 3.63) is 23.8 Å². The first-order chi connectivity index (χ1) is 18.6. The first-order valence-corrected chi connectivity index (χ1v) is 13.7. The zero-order valence-corrected chi connectivity index (χ0v) is 24.8. The van der Waals surface area contributed by atoms with E-state index in [4.69, 9.17) is 19.3 Å². The largest absolute Gasteiger partial charge is 0.463 e. The van der Waals surface area contributed by atoms with Crippen LogP contribution < -0.4 is 20.7 Å². The molecule has 0 aliphatic carbocycles. The van der Waals surface area contributed by atoms with Crippen LogP contribution in [0.2, 0.25) is 0 Å². The Hall–Kier alpha value is -2.89. The summed E-state index contributed by atoms with van der Waals surface area (Å²) in [5.74, 6) is -0.594. The molecule has 1 fully saturated rings. The molecule has 1 aliphatic rings. The molecule has 224 valence electrons. The lowest BCUT2D eigenvalue weighted by Crippen LogP contribution is -2.48. The van der Waals surface area contributed by atoms with Crippen molar-refractivity contribution in [2.24, 2.45) is 5.41 Å². The third-order valence-corrected chi connectivity index (χ3v) is 5.64. The number of carbonyl (C=O) groups is 3. The Morgan fingerprint density at radius 3 is 2.31 bits per heavy atom. The second-order valence-corrected chi connectivity index (χ2v) is 9.06. The van der Waals surface area contributed by atoms with Crippen LogP contribution in [0.4, 0.5) is 5.69 Å². The molecule has 1 aromatic rings. The third kappa shape index (κ3) is 13.1. The maximum Gasteiger partial charge on any atom is 0.302 e. The van der Waals surface area contributed by atoms with E-state index in [2.05, 4.69) is 16.0 Å². The Morgan fingerprint density at radius 2 is 1.72 bits per heavy atom. The Labute approximate surface area is 233 Å². The number of aliphatic hydroxyl groups is 2. The summed E-state index contributed by atoms with van der Waals surface area (Å²) < 4.78 is 16.8. The fourth-order valence-electron chi connectivity index (χ4n) is 3.50. The first kappa shape index (κ1) is 36.1. The molecule has 2 rings (SSSR count). The molecular weight excluding hydrogens is 506 g/mol. The van der Waals surface area contributed by atoms with Crippen LogP contribution >= 0.6 is 0 Å². The number of ether oxygens (including phenoxy) is 3. The van der Waals surface area contributed by atoms with Gasteiger partial charge in [-0.15, -0.1) is 0 Å². The van der Waals surface area contributed by atoms with Gasteiger partial charge in [0.05, 0.1) is 11.8 Å². The standard InChI is InChI=1S/C24H37N3O8.2C2H6/c1-15(29)33-14-16-5-6-18(25-4)19(11-16)34-21-13-17(30)12-20(35-21)22(31)26-8-9-27-23(32)24(2,3)7-10-28;2*1-2/h5-6,11,17,20-21,25,28,30H,7-10,12-14H2,1-4H3,(H,26,31)(H,27,32);2*1-2H3. The van der Waals surface area contributed by atoms with E-state index in [0.717, 1.165) is 0 Å². The molecule has 39 heavy (non-hydrogen) atoms. The molecule has 0 aromatic heterocycles. The summed E-state index contributed by atoms with van der Waals surface area (Å²) in [5.41, 5.74) is 0.673. The second-order valence-electron chi connectivity index (χ2n) is 9.06. The molecule has 0 radical (unpaired) electrons. The average molecular weight is 556 g/mol. The second kappa shape index (κ2) is 19.2. The van der Waals surface area contributed by atoms with Gasteiger partial charge in [0, 0.05) is 51.9 Å².